The van der Waals surface area contributed by atoms with Gasteiger partial charge in [-0.15, -0.1) is 0 Å². The van der Waals surface area contributed by atoms with Crippen LogP contribution in [-0.2, 0) is 19.6 Å². The van der Waals surface area contributed by atoms with Crippen molar-refractivity contribution in [3.63, 3.8) is 0 Å². The predicted molar refractivity (Wildman–Crippen MR) is 147 cm³/mol. The van der Waals surface area contributed by atoms with Crippen molar-refractivity contribution < 1.29 is 27.1 Å². The summed E-state index contributed by atoms with van der Waals surface area (Å²) < 4.78 is 55.1. The van der Waals surface area contributed by atoms with Gasteiger partial charge in [0.15, 0.2) is 6.04 Å². The average molecular weight is 551 g/mol. The lowest BCUT2D eigenvalue weighted by molar-refractivity contribution is -0.160. The molecule has 1 aromatic heterocycles. The van der Waals surface area contributed by atoms with Crippen molar-refractivity contribution in [1.82, 2.24) is 9.29 Å². The summed E-state index contributed by atoms with van der Waals surface area (Å²) in [7, 11) is -2.59. The first-order valence-corrected chi connectivity index (χ1v) is 14.1. The van der Waals surface area contributed by atoms with Crippen LogP contribution in [-0.4, -0.2) is 42.9 Å². The minimum atomic E-state index is -4.16. The summed E-state index contributed by atoms with van der Waals surface area (Å²) in [4.78, 5) is 17.1. The van der Waals surface area contributed by atoms with Gasteiger partial charge in [-0.25, -0.2) is 17.6 Å². The molecule has 0 amide bonds. The van der Waals surface area contributed by atoms with E-state index >= 15 is 0 Å². The van der Waals surface area contributed by atoms with E-state index in [4.69, 9.17) is 9.47 Å². The number of hydrogen-bond acceptors (Lipinski definition) is 5. The Labute approximate surface area is 227 Å². The third-order valence-corrected chi connectivity index (χ3v) is 8.72. The number of fused-ring (bicyclic) bond motifs is 3. The molecule has 204 valence electrons. The third kappa shape index (κ3) is 5.04. The summed E-state index contributed by atoms with van der Waals surface area (Å²) >= 11 is 0. The van der Waals surface area contributed by atoms with Gasteiger partial charge in [-0.3, -0.25) is 0 Å². The Bertz CT molecular complexity index is 1640. The molecule has 5 rings (SSSR count). The van der Waals surface area contributed by atoms with E-state index in [0.717, 1.165) is 11.1 Å². The van der Waals surface area contributed by atoms with Gasteiger partial charge in [0.05, 0.1) is 12.0 Å². The van der Waals surface area contributed by atoms with Gasteiger partial charge in [-0.05, 0) is 81.3 Å². The number of halogens is 1. The number of sulfonamides is 1. The second-order valence-corrected chi connectivity index (χ2v) is 12.7. The van der Waals surface area contributed by atoms with E-state index in [1.807, 2.05) is 19.1 Å². The number of aromatic amines is 1. The van der Waals surface area contributed by atoms with Gasteiger partial charge >= 0.3 is 5.97 Å². The molecule has 1 aliphatic rings. The molecule has 2 heterocycles. The van der Waals surface area contributed by atoms with Crippen molar-refractivity contribution >= 4 is 26.9 Å². The number of benzene rings is 3. The van der Waals surface area contributed by atoms with Crippen molar-refractivity contribution in [2.45, 2.75) is 50.2 Å². The number of hydrogen-bond donors (Lipinski definition) is 1. The molecule has 4 aromatic rings. The van der Waals surface area contributed by atoms with Crippen molar-refractivity contribution in [3.05, 3.63) is 94.9 Å². The fraction of sp³-hybridized carbons (Fsp3) is 0.300. The Morgan fingerprint density at radius 1 is 1.03 bits per heavy atom. The number of carbonyl (C=O) groups excluding carboxylic acids is 1. The highest BCUT2D eigenvalue weighted by atomic mass is 32.2. The normalized spacial score (nSPS) is 18.1. The first-order chi connectivity index (χ1) is 18.4. The number of nitrogens with one attached hydrogen (secondary N) is 1. The highest BCUT2D eigenvalue weighted by Crippen LogP contribution is 2.46. The Morgan fingerprint density at radius 2 is 1.69 bits per heavy atom. The average Bonchev–Trinajstić information content (AvgIpc) is 3.25. The van der Waals surface area contributed by atoms with Gasteiger partial charge < -0.3 is 14.5 Å². The smallest absolute Gasteiger partial charge is 0.331 e. The summed E-state index contributed by atoms with van der Waals surface area (Å²) in [6.07, 6.45) is 0. The monoisotopic (exact) mass is 550 g/mol. The molecule has 0 aliphatic carbocycles. The first kappa shape index (κ1) is 26.9. The lowest BCUT2D eigenvalue weighted by Crippen LogP contribution is -2.47. The molecule has 9 heteroatoms. The van der Waals surface area contributed by atoms with Gasteiger partial charge in [-0.2, -0.15) is 4.31 Å². The van der Waals surface area contributed by atoms with E-state index in [-0.39, 0.29) is 11.4 Å². The van der Waals surface area contributed by atoms with Crippen LogP contribution in [0.3, 0.4) is 0 Å². The van der Waals surface area contributed by atoms with Gasteiger partial charge in [0.25, 0.3) is 0 Å². The SMILES string of the molecule is COc1ccc(C2CN(S(=O)(=O)c3ccc(C)cc3)C(C(=O)OC(C)(C)C)c3[nH]c4ccc(F)cc4c32)cc1. The van der Waals surface area contributed by atoms with E-state index in [9.17, 15) is 17.6 Å². The van der Waals surface area contributed by atoms with E-state index in [1.165, 1.54) is 28.6 Å². The number of aromatic nitrogens is 1. The van der Waals surface area contributed by atoms with Crippen LogP contribution in [0.4, 0.5) is 4.39 Å². The summed E-state index contributed by atoms with van der Waals surface area (Å²) in [6, 6.07) is 16.9. The molecule has 1 aliphatic heterocycles. The molecule has 2 unspecified atom stereocenters. The maximum absolute atomic E-state index is 14.5. The second kappa shape index (κ2) is 9.81. The molecule has 3 aromatic carbocycles. The topological polar surface area (TPSA) is 88.7 Å². The van der Waals surface area contributed by atoms with Gasteiger partial charge in [0.2, 0.25) is 10.0 Å². The zero-order valence-electron chi connectivity index (χ0n) is 22.5. The quantitative estimate of drug-likeness (QED) is 0.315. The minimum Gasteiger partial charge on any atom is -0.497 e. The molecule has 0 radical (unpaired) electrons. The molecule has 1 N–H and O–H groups in total. The number of aryl methyl sites for hydroxylation is 1. The fourth-order valence-electron chi connectivity index (χ4n) is 5.10. The summed E-state index contributed by atoms with van der Waals surface area (Å²) in [5.41, 5.74) is 2.49. The molecule has 0 spiro atoms. The molecule has 0 saturated heterocycles. The largest absolute Gasteiger partial charge is 0.497 e. The van der Waals surface area contributed by atoms with Crippen LogP contribution < -0.4 is 4.74 Å². The first-order valence-electron chi connectivity index (χ1n) is 12.7. The van der Waals surface area contributed by atoms with Crippen LogP contribution in [0.5, 0.6) is 5.75 Å². The van der Waals surface area contributed by atoms with Gasteiger partial charge in [-0.1, -0.05) is 29.8 Å². The number of methoxy groups -OCH3 is 1. The van der Waals surface area contributed by atoms with Crippen molar-refractivity contribution in [3.8, 4) is 5.75 Å². The zero-order chi connectivity index (χ0) is 28.1. The Hall–Kier alpha value is -3.69. The van der Waals surface area contributed by atoms with Crippen LogP contribution in [0.1, 0.15) is 55.1 Å². The Morgan fingerprint density at radius 3 is 2.31 bits per heavy atom. The molecular weight excluding hydrogens is 519 g/mol. The molecule has 0 bridgehead atoms. The highest BCUT2D eigenvalue weighted by Gasteiger charge is 2.47. The minimum absolute atomic E-state index is 0.0527. The number of rotatable bonds is 5. The van der Waals surface area contributed by atoms with Crippen molar-refractivity contribution in [2.75, 3.05) is 13.7 Å². The van der Waals surface area contributed by atoms with Gasteiger partial charge in [0.1, 0.15) is 17.2 Å². The summed E-state index contributed by atoms with van der Waals surface area (Å²) in [6.45, 7) is 7.01. The Balaban J connectivity index is 1.77. The zero-order valence-corrected chi connectivity index (χ0v) is 23.3. The molecule has 7 nitrogen and oxygen atoms in total. The number of carbonyl (C=O) groups is 1. The van der Waals surface area contributed by atoms with E-state index in [1.54, 1.807) is 58.2 Å². The van der Waals surface area contributed by atoms with E-state index in [0.29, 0.717) is 27.9 Å². The molecule has 0 fully saturated rings. The number of esters is 1. The fourth-order valence-corrected chi connectivity index (χ4v) is 6.67. The van der Waals surface area contributed by atoms with Crippen LogP contribution in [0, 0.1) is 12.7 Å². The maximum Gasteiger partial charge on any atom is 0.331 e. The maximum atomic E-state index is 14.5. The van der Waals surface area contributed by atoms with E-state index in [2.05, 4.69) is 4.98 Å². The number of ether oxygens (including phenoxy) is 2. The molecular formula is C30H31FN2O5S. The molecule has 2 atom stereocenters. The molecule has 39 heavy (non-hydrogen) atoms. The predicted octanol–water partition coefficient (Wildman–Crippen LogP) is 5.84. The van der Waals surface area contributed by atoms with Crippen LogP contribution in [0.15, 0.2) is 71.6 Å². The summed E-state index contributed by atoms with van der Waals surface area (Å²) in [5.74, 6) is -0.989. The van der Waals surface area contributed by atoms with Gasteiger partial charge in [0, 0.05) is 29.1 Å². The van der Waals surface area contributed by atoms with Crippen LogP contribution in [0.25, 0.3) is 10.9 Å². The summed E-state index contributed by atoms with van der Waals surface area (Å²) in [5, 5.41) is 0.590. The number of H-pyrrole nitrogens is 1. The van der Waals surface area contributed by atoms with Crippen LogP contribution >= 0.6 is 0 Å². The van der Waals surface area contributed by atoms with Crippen molar-refractivity contribution in [1.29, 1.82) is 0 Å². The highest BCUT2D eigenvalue weighted by molar-refractivity contribution is 7.89. The lowest BCUT2D eigenvalue weighted by atomic mass is 9.84. The van der Waals surface area contributed by atoms with Crippen molar-refractivity contribution in [2.24, 2.45) is 0 Å². The second-order valence-electron chi connectivity index (χ2n) is 10.8. The Kier molecular flexibility index (Phi) is 6.76. The molecule has 0 saturated carbocycles. The van der Waals surface area contributed by atoms with E-state index < -0.39 is 39.4 Å². The number of nitrogens with zero attached hydrogens (tertiary/aromatic N) is 1. The van der Waals surface area contributed by atoms with Crippen LogP contribution in [0.2, 0.25) is 0 Å². The lowest BCUT2D eigenvalue weighted by Gasteiger charge is -2.38. The standard InChI is InChI=1S/C30H31FN2O5S/c1-18-6-13-22(14-7-18)39(35,36)33-17-24(19-8-11-21(37-5)12-9-19)26-23-16-20(31)10-15-25(23)32-27(26)28(33)29(34)38-30(2,3)4/h6-16,24,28,32H,17H2,1-5H3. The third-order valence-electron chi connectivity index (χ3n) is 6.88.